The van der Waals surface area contributed by atoms with E-state index in [0.717, 1.165) is 11.1 Å². The molecule has 6 nitrogen and oxygen atoms in total. The number of aryl methyl sites for hydroxylation is 1. The largest absolute Gasteiger partial charge is 0.374 e. The minimum atomic E-state index is -0.250. The van der Waals surface area contributed by atoms with Crippen LogP contribution in [0.1, 0.15) is 16.1 Å². The molecule has 1 aromatic heterocycles. The number of nitrogen functional groups attached to an aromatic ring is 1. The zero-order valence-electron chi connectivity index (χ0n) is 10.3. The van der Waals surface area contributed by atoms with Gasteiger partial charge in [0.15, 0.2) is 0 Å². The zero-order valence-corrected chi connectivity index (χ0v) is 11.1. The average Bonchev–Trinajstić information content (AvgIpc) is 2.75. The van der Waals surface area contributed by atoms with Crippen LogP contribution in [0.4, 0.5) is 5.13 Å². The summed E-state index contributed by atoms with van der Waals surface area (Å²) in [5.41, 5.74) is 9.93. The first-order valence-corrected chi connectivity index (χ1v) is 6.41. The number of nitrogens with zero attached hydrogens (tertiary/aromatic N) is 3. The molecule has 2 rings (SSSR count). The Bertz CT molecular complexity index is 608. The molecule has 3 N–H and O–H groups in total. The molecule has 1 heterocycles. The fourth-order valence-corrected chi connectivity index (χ4v) is 2.05. The van der Waals surface area contributed by atoms with Crippen molar-refractivity contribution in [2.45, 2.75) is 13.3 Å². The average molecular weight is 275 g/mol. The minimum Gasteiger partial charge on any atom is -0.374 e. The summed E-state index contributed by atoms with van der Waals surface area (Å²) in [5.74, 6) is -0.250. The highest BCUT2D eigenvalue weighted by molar-refractivity contribution is 7.15. The van der Waals surface area contributed by atoms with E-state index in [4.69, 9.17) is 5.73 Å². The molecule has 0 unspecified atom stereocenters. The topological polar surface area (TPSA) is 93.3 Å². The number of hydrazone groups is 1. The van der Waals surface area contributed by atoms with Crippen LogP contribution in [0.3, 0.4) is 0 Å². The molecule has 0 aliphatic carbocycles. The molecule has 7 heteroatoms. The summed E-state index contributed by atoms with van der Waals surface area (Å²) >= 11 is 1.19. The number of nitrogens with one attached hydrogen (secondary N) is 1. The molecule has 0 atom stereocenters. The molecule has 1 aromatic carbocycles. The van der Waals surface area contributed by atoms with Crippen molar-refractivity contribution < 1.29 is 4.79 Å². The van der Waals surface area contributed by atoms with Crippen molar-refractivity contribution in [3.8, 4) is 0 Å². The number of aromatic nitrogens is 2. The summed E-state index contributed by atoms with van der Waals surface area (Å²) in [5, 5.41) is 12.2. The number of hydrogen-bond acceptors (Lipinski definition) is 6. The van der Waals surface area contributed by atoms with Crippen molar-refractivity contribution in [2.75, 3.05) is 5.73 Å². The molecular weight excluding hydrogens is 262 g/mol. The van der Waals surface area contributed by atoms with Crippen LogP contribution in [0.15, 0.2) is 29.4 Å². The highest BCUT2D eigenvalue weighted by Crippen LogP contribution is 2.10. The van der Waals surface area contributed by atoms with E-state index in [-0.39, 0.29) is 12.3 Å². The monoisotopic (exact) mass is 275 g/mol. The van der Waals surface area contributed by atoms with Crippen LogP contribution < -0.4 is 11.2 Å². The van der Waals surface area contributed by atoms with E-state index in [0.29, 0.717) is 10.1 Å². The van der Waals surface area contributed by atoms with Crippen LogP contribution in [-0.2, 0) is 11.2 Å². The van der Waals surface area contributed by atoms with Crippen LogP contribution in [-0.4, -0.2) is 22.3 Å². The predicted octanol–water partition coefficient (Wildman–Crippen LogP) is 1.12. The van der Waals surface area contributed by atoms with Crippen LogP contribution in [0, 0.1) is 6.92 Å². The van der Waals surface area contributed by atoms with E-state index in [1.807, 2.05) is 31.2 Å². The van der Waals surface area contributed by atoms with Crippen molar-refractivity contribution in [1.29, 1.82) is 0 Å². The van der Waals surface area contributed by atoms with E-state index in [2.05, 4.69) is 20.7 Å². The normalized spacial score (nSPS) is 10.8. The molecule has 0 fully saturated rings. The maximum absolute atomic E-state index is 11.6. The first-order valence-electron chi connectivity index (χ1n) is 5.60. The van der Waals surface area contributed by atoms with Gasteiger partial charge in [-0.05, 0) is 12.5 Å². The second-order valence-corrected chi connectivity index (χ2v) is 5.01. The number of benzene rings is 1. The van der Waals surface area contributed by atoms with Gasteiger partial charge in [-0.15, -0.1) is 10.2 Å². The van der Waals surface area contributed by atoms with E-state index >= 15 is 0 Å². The SMILES string of the molecule is Cc1cccc(/C=N\NC(=O)Cc2nnc(N)s2)c1. The third-order valence-corrected chi connectivity index (χ3v) is 2.99. The smallest absolute Gasteiger partial charge is 0.247 e. The van der Waals surface area contributed by atoms with Crippen molar-refractivity contribution in [2.24, 2.45) is 5.10 Å². The van der Waals surface area contributed by atoms with Gasteiger partial charge in [-0.3, -0.25) is 4.79 Å². The molecule has 0 saturated carbocycles. The van der Waals surface area contributed by atoms with Gasteiger partial charge in [-0.1, -0.05) is 41.2 Å². The first-order chi connectivity index (χ1) is 9.13. The molecule has 0 aliphatic heterocycles. The molecule has 0 bridgehead atoms. The third-order valence-electron chi connectivity index (χ3n) is 2.24. The van der Waals surface area contributed by atoms with Gasteiger partial charge in [0.1, 0.15) is 5.01 Å². The van der Waals surface area contributed by atoms with Crippen LogP contribution in [0.5, 0.6) is 0 Å². The van der Waals surface area contributed by atoms with E-state index < -0.39 is 0 Å². The highest BCUT2D eigenvalue weighted by Gasteiger charge is 2.06. The van der Waals surface area contributed by atoms with Gasteiger partial charge in [-0.25, -0.2) is 5.43 Å². The van der Waals surface area contributed by atoms with Crippen molar-refractivity contribution >= 4 is 28.6 Å². The number of amides is 1. The predicted molar refractivity (Wildman–Crippen MR) is 74.9 cm³/mol. The lowest BCUT2D eigenvalue weighted by Crippen LogP contribution is -2.19. The van der Waals surface area contributed by atoms with Crippen molar-refractivity contribution in [3.63, 3.8) is 0 Å². The molecule has 19 heavy (non-hydrogen) atoms. The molecule has 1 amide bonds. The van der Waals surface area contributed by atoms with Crippen LogP contribution >= 0.6 is 11.3 Å². The lowest BCUT2D eigenvalue weighted by Gasteiger charge is -1.97. The molecule has 2 aromatic rings. The Morgan fingerprint density at radius 3 is 3.05 bits per heavy atom. The highest BCUT2D eigenvalue weighted by atomic mass is 32.1. The number of rotatable bonds is 4. The molecule has 0 saturated heterocycles. The Morgan fingerprint density at radius 1 is 1.53 bits per heavy atom. The summed E-state index contributed by atoms with van der Waals surface area (Å²) in [6, 6.07) is 7.81. The first kappa shape index (κ1) is 13.2. The summed E-state index contributed by atoms with van der Waals surface area (Å²) in [7, 11) is 0. The molecule has 0 spiro atoms. The summed E-state index contributed by atoms with van der Waals surface area (Å²) < 4.78 is 0. The molecule has 0 radical (unpaired) electrons. The fraction of sp³-hybridized carbons (Fsp3) is 0.167. The standard InChI is InChI=1S/C12H13N5OS/c1-8-3-2-4-9(5-8)7-14-15-10(18)6-11-16-17-12(13)19-11/h2-5,7H,6H2,1H3,(H2,13,17)(H,15,18)/b14-7-. The Morgan fingerprint density at radius 2 is 2.37 bits per heavy atom. The quantitative estimate of drug-likeness (QED) is 0.646. The Labute approximate surface area is 114 Å². The van der Waals surface area contributed by atoms with Gasteiger partial charge < -0.3 is 5.73 Å². The van der Waals surface area contributed by atoms with Crippen molar-refractivity contribution in [1.82, 2.24) is 15.6 Å². The van der Waals surface area contributed by atoms with E-state index in [1.165, 1.54) is 11.3 Å². The van der Waals surface area contributed by atoms with Crippen LogP contribution in [0.2, 0.25) is 0 Å². The second kappa shape index (κ2) is 6.05. The second-order valence-electron chi connectivity index (χ2n) is 3.92. The summed E-state index contributed by atoms with van der Waals surface area (Å²) in [6.45, 7) is 2.00. The molecule has 0 aliphatic rings. The number of hydrogen-bond donors (Lipinski definition) is 2. The van der Waals surface area contributed by atoms with Gasteiger partial charge >= 0.3 is 0 Å². The minimum absolute atomic E-state index is 0.125. The summed E-state index contributed by atoms with van der Waals surface area (Å²) in [4.78, 5) is 11.6. The lowest BCUT2D eigenvalue weighted by atomic mass is 10.2. The number of carbonyl (C=O) groups is 1. The number of carbonyl (C=O) groups excluding carboxylic acids is 1. The molecule has 98 valence electrons. The number of anilines is 1. The Kier molecular flexibility index (Phi) is 4.19. The van der Waals surface area contributed by atoms with E-state index in [1.54, 1.807) is 6.21 Å². The van der Waals surface area contributed by atoms with Gasteiger partial charge in [0, 0.05) is 0 Å². The number of nitrogens with two attached hydrogens (primary N) is 1. The van der Waals surface area contributed by atoms with Crippen molar-refractivity contribution in [3.05, 3.63) is 40.4 Å². The maximum Gasteiger partial charge on any atom is 0.247 e. The fourth-order valence-electron chi connectivity index (χ4n) is 1.44. The molecular formula is C12H13N5OS. The zero-order chi connectivity index (χ0) is 13.7. The van der Waals surface area contributed by atoms with Gasteiger partial charge in [0.05, 0.1) is 12.6 Å². The van der Waals surface area contributed by atoms with Gasteiger partial charge in [0.25, 0.3) is 0 Å². The van der Waals surface area contributed by atoms with Gasteiger partial charge in [-0.2, -0.15) is 5.10 Å². The lowest BCUT2D eigenvalue weighted by molar-refractivity contribution is -0.120. The van der Waals surface area contributed by atoms with E-state index in [9.17, 15) is 4.79 Å². The summed E-state index contributed by atoms with van der Waals surface area (Å²) in [6.07, 6.45) is 1.72. The Hall–Kier alpha value is -2.28. The van der Waals surface area contributed by atoms with Gasteiger partial charge in [0.2, 0.25) is 11.0 Å². The van der Waals surface area contributed by atoms with Crippen LogP contribution in [0.25, 0.3) is 0 Å². The maximum atomic E-state index is 11.6. The Balaban J connectivity index is 1.86. The third kappa shape index (κ3) is 4.14.